The van der Waals surface area contributed by atoms with Crippen molar-refractivity contribution in [3.63, 3.8) is 0 Å². The molecule has 0 atom stereocenters. The van der Waals surface area contributed by atoms with E-state index in [9.17, 15) is 19.2 Å². The van der Waals surface area contributed by atoms with Crippen LogP contribution in [0, 0.1) is 0 Å². The fraction of sp³-hybridized carbons (Fsp3) is 0.500. The molecular weight excluding hydrogens is 254 g/mol. The molecule has 1 fully saturated rings. The quantitative estimate of drug-likeness (QED) is 0.397. The number of amides is 4. The van der Waals surface area contributed by atoms with Crippen molar-refractivity contribution >= 4 is 34.9 Å². The Bertz CT molecular complexity index is 370. The molecule has 0 radical (unpaired) electrons. The summed E-state index contributed by atoms with van der Waals surface area (Å²) >= 11 is 5.12. The number of carboxylic acid groups (broad SMARTS) is 1. The first kappa shape index (κ1) is 13.2. The molecule has 1 saturated heterocycles. The standard InChI is InChI=1S/C8H10ClN3O5/c9-7(15)12-4-3-11(5(13)6(12)14)2-1-10-8(16)17/h10H,1-4H2,(H,16,17). The minimum atomic E-state index is -1.21. The Morgan fingerprint density at radius 1 is 1.29 bits per heavy atom. The minimum absolute atomic E-state index is 0.0139. The highest BCUT2D eigenvalue weighted by Gasteiger charge is 2.35. The van der Waals surface area contributed by atoms with Gasteiger partial charge >= 0.3 is 23.3 Å². The maximum absolute atomic E-state index is 11.5. The van der Waals surface area contributed by atoms with Gasteiger partial charge in [-0.2, -0.15) is 0 Å². The number of nitrogens with one attached hydrogen (secondary N) is 1. The van der Waals surface area contributed by atoms with Gasteiger partial charge in [0.15, 0.2) is 0 Å². The lowest BCUT2D eigenvalue weighted by molar-refractivity contribution is -0.153. The van der Waals surface area contributed by atoms with Gasteiger partial charge in [-0.1, -0.05) is 0 Å². The second-order valence-corrected chi connectivity index (χ2v) is 3.56. The largest absolute Gasteiger partial charge is 0.465 e. The highest BCUT2D eigenvalue weighted by Crippen LogP contribution is 2.07. The van der Waals surface area contributed by atoms with Gasteiger partial charge in [-0.3, -0.25) is 19.3 Å². The van der Waals surface area contributed by atoms with Gasteiger partial charge in [0.25, 0.3) is 0 Å². The van der Waals surface area contributed by atoms with Crippen LogP contribution in [-0.2, 0) is 9.59 Å². The highest BCUT2D eigenvalue weighted by molar-refractivity contribution is 6.65. The number of hydrogen-bond acceptors (Lipinski definition) is 4. The van der Waals surface area contributed by atoms with Crippen LogP contribution in [0.4, 0.5) is 9.59 Å². The third kappa shape index (κ3) is 3.31. The Kier molecular flexibility index (Phi) is 4.27. The van der Waals surface area contributed by atoms with Gasteiger partial charge in [0.2, 0.25) is 0 Å². The van der Waals surface area contributed by atoms with Crippen LogP contribution < -0.4 is 5.32 Å². The van der Waals surface area contributed by atoms with Crippen LogP contribution in [0.3, 0.4) is 0 Å². The summed E-state index contributed by atoms with van der Waals surface area (Å²) in [6.45, 7) is 0.245. The van der Waals surface area contributed by atoms with E-state index < -0.39 is 23.3 Å². The smallest absolute Gasteiger partial charge is 0.404 e. The van der Waals surface area contributed by atoms with E-state index >= 15 is 0 Å². The predicted molar refractivity (Wildman–Crippen MR) is 55.6 cm³/mol. The molecule has 0 saturated carbocycles. The first-order valence-corrected chi connectivity index (χ1v) is 5.08. The summed E-state index contributed by atoms with van der Waals surface area (Å²) < 4.78 is 0. The Morgan fingerprint density at radius 2 is 1.94 bits per heavy atom. The van der Waals surface area contributed by atoms with Crippen LogP contribution in [0.15, 0.2) is 0 Å². The molecule has 0 spiro atoms. The van der Waals surface area contributed by atoms with Gasteiger partial charge in [0.1, 0.15) is 0 Å². The number of carbonyl (C=O) groups excluding carboxylic acids is 3. The van der Waals surface area contributed by atoms with Gasteiger partial charge in [-0.15, -0.1) is 0 Å². The third-order valence-electron chi connectivity index (χ3n) is 2.18. The van der Waals surface area contributed by atoms with Crippen molar-refractivity contribution in [3.8, 4) is 0 Å². The van der Waals surface area contributed by atoms with Crippen LogP contribution in [0.2, 0.25) is 0 Å². The minimum Gasteiger partial charge on any atom is -0.465 e. The van der Waals surface area contributed by atoms with Crippen molar-refractivity contribution in [2.45, 2.75) is 0 Å². The van der Waals surface area contributed by atoms with Crippen LogP contribution in [0.5, 0.6) is 0 Å². The summed E-state index contributed by atoms with van der Waals surface area (Å²) in [5, 5.41) is 9.40. The fourth-order valence-electron chi connectivity index (χ4n) is 1.35. The van der Waals surface area contributed by atoms with Gasteiger partial charge < -0.3 is 15.3 Å². The molecule has 0 aliphatic carbocycles. The second kappa shape index (κ2) is 5.48. The molecule has 17 heavy (non-hydrogen) atoms. The molecule has 2 N–H and O–H groups in total. The summed E-state index contributed by atoms with van der Waals surface area (Å²) in [6, 6.07) is 0. The zero-order valence-corrected chi connectivity index (χ0v) is 9.44. The number of nitrogens with zero attached hydrogens (tertiary/aromatic N) is 2. The summed E-state index contributed by atoms with van der Waals surface area (Å²) in [5.74, 6) is -1.86. The lowest BCUT2D eigenvalue weighted by atomic mass is 10.3. The maximum Gasteiger partial charge on any atom is 0.404 e. The van der Waals surface area contributed by atoms with Crippen molar-refractivity contribution in [1.82, 2.24) is 15.1 Å². The van der Waals surface area contributed by atoms with Crippen LogP contribution in [0.25, 0.3) is 0 Å². The molecule has 94 valence electrons. The van der Waals surface area contributed by atoms with Gasteiger partial charge in [-0.25, -0.2) is 4.79 Å². The average Bonchev–Trinajstić information content (AvgIpc) is 2.23. The Hall–Kier alpha value is -1.83. The molecule has 4 amide bonds. The number of piperazine rings is 1. The van der Waals surface area contributed by atoms with Gasteiger partial charge in [0, 0.05) is 26.2 Å². The lowest BCUT2D eigenvalue weighted by Crippen LogP contribution is -2.56. The normalized spacial score (nSPS) is 16.1. The van der Waals surface area contributed by atoms with Crippen LogP contribution in [-0.4, -0.2) is 64.4 Å². The van der Waals surface area contributed by atoms with Gasteiger partial charge in [0.05, 0.1) is 0 Å². The topological polar surface area (TPSA) is 107 Å². The summed E-state index contributed by atoms with van der Waals surface area (Å²) in [7, 11) is 0. The number of halogens is 1. The molecule has 1 aliphatic heterocycles. The molecule has 8 nitrogen and oxygen atoms in total. The van der Waals surface area contributed by atoms with E-state index in [2.05, 4.69) is 5.32 Å². The molecule has 1 rings (SSSR count). The van der Waals surface area contributed by atoms with Crippen LogP contribution >= 0.6 is 11.6 Å². The zero-order valence-electron chi connectivity index (χ0n) is 8.68. The van der Waals surface area contributed by atoms with E-state index in [4.69, 9.17) is 16.7 Å². The molecule has 1 heterocycles. The molecule has 0 unspecified atom stereocenters. The molecule has 0 bridgehead atoms. The molecule has 1 aliphatic rings. The van der Waals surface area contributed by atoms with Crippen molar-refractivity contribution in [1.29, 1.82) is 0 Å². The van der Waals surface area contributed by atoms with Crippen molar-refractivity contribution in [3.05, 3.63) is 0 Å². The SMILES string of the molecule is O=C(O)NCCN1CCN(C(=O)Cl)C(=O)C1=O. The predicted octanol–water partition coefficient (Wildman–Crippen LogP) is -0.716. The molecule has 0 aromatic heterocycles. The van der Waals surface area contributed by atoms with Crippen molar-refractivity contribution in [2.75, 3.05) is 26.2 Å². The van der Waals surface area contributed by atoms with Crippen molar-refractivity contribution in [2.24, 2.45) is 0 Å². The molecule has 9 heteroatoms. The average molecular weight is 264 g/mol. The van der Waals surface area contributed by atoms with E-state index in [1.54, 1.807) is 0 Å². The number of rotatable bonds is 3. The van der Waals surface area contributed by atoms with E-state index in [0.29, 0.717) is 4.90 Å². The van der Waals surface area contributed by atoms with E-state index in [1.807, 2.05) is 0 Å². The number of imide groups is 1. The molecular formula is C8H10ClN3O5. The monoisotopic (exact) mass is 263 g/mol. The van der Waals surface area contributed by atoms with E-state index in [0.717, 1.165) is 4.90 Å². The fourth-order valence-corrected chi connectivity index (χ4v) is 1.51. The maximum atomic E-state index is 11.5. The third-order valence-corrected chi connectivity index (χ3v) is 2.38. The number of carbonyl (C=O) groups is 4. The molecule has 0 aromatic rings. The van der Waals surface area contributed by atoms with Gasteiger partial charge in [-0.05, 0) is 11.6 Å². The highest BCUT2D eigenvalue weighted by atomic mass is 35.5. The van der Waals surface area contributed by atoms with Crippen molar-refractivity contribution < 1.29 is 24.3 Å². The second-order valence-electron chi connectivity index (χ2n) is 3.23. The first-order chi connectivity index (χ1) is 7.93. The number of hydrogen-bond donors (Lipinski definition) is 2. The first-order valence-electron chi connectivity index (χ1n) is 4.70. The van der Waals surface area contributed by atoms with E-state index in [1.165, 1.54) is 0 Å². The van der Waals surface area contributed by atoms with E-state index in [-0.39, 0.29) is 26.2 Å². The van der Waals surface area contributed by atoms with Crippen LogP contribution in [0.1, 0.15) is 0 Å². The lowest BCUT2D eigenvalue weighted by Gasteiger charge is -2.31. The Labute approximate surface area is 101 Å². The Balaban J connectivity index is 2.51. The summed E-state index contributed by atoms with van der Waals surface area (Å²) in [4.78, 5) is 45.6. The zero-order chi connectivity index (χ0) is 13.0. The Morgan fingerprint density at radius 3 is 2.47 bits per heavy atom. The summed E-state index contributed by atoms with van der Waals surface area (Å²) in [5.41, 5.74) is 0. The summed E-state index contributed by atoms with van der Waals surface area (Å²) in [6.07, 6.45) is -1.21. The molecule has 0 aromatic carbocycles.